The first-order chi connectivity index (χ1) is 16.5. The van der Waals surface area contributed by atoms with Gasteiger partial charge in [0.05, 0.1) is 28.9 Å². The van der Waals surface area contributed by atoms with E-state index in [2.05, 4.69) is 5.10 Å². The van der Waals surface area contributed by atoms with Crippen molar-refractivity contribution in [1.29, 1.82) is 0 Å². The number of carbonyl (C=O) groups is 1. The van der Waals surface area contributed by atoms with Gasteiger partial charge in [0.1, 0.15) is 23.0 Å². The summed E-state index contributed by atoms with van der Waals surface area (Å²) in [6.07, 6.45) is 1.14. The minimum atomic E-state index is -2.37. The largest absolute Gasteiger partial charge is 0.496 e. The van der Waals surface area contributed by atoms with Gasteiger partial charge in [-0.25, -0.2) is 22.0 Å². The highest BCUT2D eigenvalue weighted by Gasteiger charge is 2.37. The summed E-state index contributed by atoms with van der Waals surface area (Å²) in [4.78, 5) is 23.2. The van der Waals surface area contributed by atoms with Crippen molar-refractivity contribution in [2.45, 2.75) is 6.92 Å². The van der Waals surface area contributed by atoms with E-state index in [9.17, 15) is 36.9 Å². The molecule has 8 nitrogen and oxygen atoms in total. The molecule has 0 N–H and O–H groups in total. The van der Waals surface area contributed by atoms with Gasteiger partial charge in [0.15, 0.2) is 23.3 Å². The molecule has 0 fully saturated rings. The van der Waals surface area contributed by atoms with E-state index < -0.39 is 45.6 Å². The summed E-state index contributed by atoms with van der Waals surface area (Å²) >= 11 is 0. The molecule has 0 saturated carbocycles. The fourth-order valence-electron chi connectivity index (χ4n) is 3.33. The Morgan fingerprint density at radius 2 is 1.66 bits per heavy atom. The molecule has 1 aliphatic heterocycles. The minimum absolute atomic E-state index is 0.0331. The van der Waals surface area contributed by atoms with Crippen LogP contribution in [0.5, 0.6) is 5.75 Å². The number of rotatable bonds is 5. The maximum atomic E-state index is 14.2. The fourth-order valence-corrected chi connectivity index (χ4v) is 3.33. The van der Waals surface area contributed by atoms with Crippen molar-refractivity contribution in [3.63, 3.8) is 0 Å². The number of hydrogen-bond donors (Lipinski definition) is 0. The molecule has 0 aliphatic carbocycles. The van der Waals surface area contributed by atoms with Crippen LogP contribution in [0.4, 0.5) is 33.3 Å². The van der Waals surface area contributed by atoms with Crippen molar-refractivity contribution in [2.75, 3.05) is 12.1 Å². The van der Waals surface area contributed by atoms with Crippen molar-refractivity contribution in [1.82, 2.24) is 0 Å². The van der Waals surface area contributed by atoms with Crippen LogP contribution in [0.15, 0.2) is 45.4 Å². The van der Waals surface area contributed by atoms with Crippen LogP contribution in [0.25, 0.3) is 17.4 Å². The molecular formula is C22H12F5N3O5. The Labute approximate surface area is 192 Å². The molecule has 3 aromatic rings. The fraction of sp³-hybridized carbons (Fsp3) is 0.0909. The second-order valence-corrected chi connectivity index (χ2v) is 7.12. The van der Waals surface area contributed by atoms with Gasteiger partial charge in [0.25, 0.3) is 11.6 Å². The van der Waals surface area contributed by atoms with Crippen molar-refractivity contribution in [3.8, 4) is 17.1 Å². The summed E-state index contributed by atoms with van der Waals surface area (Å²) in [5.41, 5.74) is -1.86. The lowest BCUT2D eigenvalue weighted by molar-refractivity contribution is -0.384. The number of anilines is 1. The van der Waals surface area contributed by atoms with Gasteiger partial charge in [-0.2, -0.15) is 10.1 Å². The molecular weight excluding hydrogens is 481 g/mol. The Kier molecular flexibility index (Phi) is 5.84. The number of amides is 1. The predicted octanol–water partition coefficient (Wildman–Crippen LogP) is 5.37. The first kappa shape index (κ1) is 23.6. The van der Waals surface area contributed by atoms with Gasteiger partial charge in [-0.15, -0.1) is 0 Å². The van der Waals surface area contributed by atoms with Crippen LogP contribution in [0, 0.1) is 39.2 Å². The molecule has 1 amide bonds. The molecule has 2 aromatic carbocycles. The smallest absolute Gasteiger partial charge is 0.280 e. The van der Waals surface area contributed by atoms with Crippen LogP contribution in [-0.2, 0) is 4.79 Å². The van der Waals surface area contributed by atoms with E-state index in [4.69, 9.17) is 9.15 Å². The molecule has 0 spiro atoms. The molecule has 0 saturated heterocycles. The van der Waals surface area contributed by atoms with Gasteiger partial charge in [-0.3, -0.25) is 14.9 Å². The molecule has 13 heteroatoms. The Bertz CT molecular complexity index is 1430. The number of nitro benzene ring substituents is 1. The van der Waals surface area contributed by atoms with Crippen LogP contribution in [-0.4, -0.2) is 23.7 Å². The molecule has 0 bridgehead atoms. The number of furan rings is 1. The molecule has 1 aliphatic rings. The molecule has 0 radical (unpaired) electrons. The van der Waals surface area contributed by atoms with Gasteiger partial charge in [-0.1, -0.05) is 0 Å². The quantitative estimate of drug-likeness (QED) is 0.119. The summed E-state index contributed by atoms with van der Waals surface area (Å²) in [5, 5.41) is 14.8. The number of ether oxygens (including phenoxy) is 1. The van der Waals surface area contributed by atoms with Crippen molar-refractivity contribution < 1.29 is 40.8 Å². The number of benzene rings is 2. The zero-order valence-electron chi connectivity index (χ0n) is 17.7. The summed E-state index contributed by atoms with van der Waals surface area (Å²) in [5.74, 6) is -12.0. The summed E-state index contributed by atoms with van der Waals surface area (Å²) in [6, 6.07) is 6.64. The lowest BCUT2D eigenvalue weighted by atomic mass is 10.1. The highest BCUT2D eigenvalue weighted by molar-refractivity contribution is 6.32. The monoisotopic (exact) mass is 493 g/mol. The van der Waals surface area contributed by atoms with Crippen molar-refractivity contribution >= 4 is 29.1 Å². The number of hydrogen-bond acceptors (Lipinski definition) is 6. The Balaban J connectivity index is 1.72. The Morgan fingerprint density at radius 3 is 2.26 bits per heavy atom. The van der Waals surface area contributed by atoms with E-state index in [1.54, 1.807) is 0 Å². The third kappa shape index (κ3) is 3.90. The number of halogens is 5. The highest BCUT2D eigenvalue weighted by atomic mass is 19.2. The number of non-ortho nitro benzene ring substituents is 1. The van der Waals surface area contributed by atoms with Gasteiger partial charge in [-0.05, 0) is 31.2 Å². The van der Waals surface area contributed by atoms with Crippen LogP contribution in [0.2, 0.25) is 0 Å². The normalized spacial score (nSPS) is 14.6. The molecule has 180 valence electrons. The van der Waals surface area contributed by atoms with Gasteiger partial charge >= 0.3 is 0 Å². The number of methoxy groups -OCH3 is 1. The zero-order valence-corrected chi connectivity index (χ0v) is 17.7. The number of hydrazone groups is 1. The molecule has 4 rings (SSSR count). The van der Waals surface area contributed by atoms with E-state index in [1.807, 2.05) is 0 Å². The number of nitrogens with zero attached hydrogens (tertiary/aromatic N) is 3. The highest BCUT2D eigenvalue weighted by Crippen LogP contribution is 2.36. The standard InChI is InChI=1S/C22H12F5N3O5/c1-9-12(22(31)29(28-9)21-19(26)17(24)16(23)18(25)20(21)27)8-11-4-6-15(35-11)13-7-10(30(32)33)3-5-14(13)34-2/h3-8H,1-2H3/b12-8-. The SMILES string of the molecule is COc1ccc([N+](=O)[O-])cc1-c1ccc(/C=C2\C(=O)N(c3c(F)c(F)c(F)c(F)c3F)N=C2C)o1. The summed E-state index contributed by atoms with van der Waals surface area (Å²) in [7, 11) is 1.35. The maximum Gasteiger partial charge on any atom is 0.280 e. The average molecular weight is 493 g/mol. The van der Waals surface area contributed by atoms with Crippen LogP contribution in [0.3, 0.4) is 0 Å². The maximum absolute atomic E-state index is 14.2. The minimum Gasteiger partial charge on any atom is -0.496 e. The molecule has 2 heterocycles. The number of carbonyl (C=O) groups excluding carboxylic acids is 1. The van der Waals surface area contributed by atoms with E-state index >= 15 is 0 Å². The lowest BCUT2D eigenvalue weighted by Gasteiger charge is -2.14. The van der Waals surface area contributed by atoms with Gasteiger partial charge < -0.3 is 9.15 Å². The van der Waals surface area contributed by atoms with Crippen LogP contribution in [0.1, 0.15) is 12.7 Å². The predicted molar refractivity (Wildman–Crippen MR) is 112 cm³/mol. The third-order valence-electron chi connectivity index (χ3n) is 5.03. The molecule has 0 atom stereocenters. The van der Waals surface area contributed by atoms with E-state index in [-0.39, 0.29) is 44.8 Å². The molecule has 0 unspecified atom stereocenters. The average Bonchev–Trinajstić information content (AvgIpc) is 3.41. The second-order valence-electron chi connectivity index (χ2n) is 7.12. The van der Waals surface area contributed by atoms with Crippen molar-refractivity contribution in [3.05, 3.63) is 80.9 Å². The molecule has 1 aromatic heterocycles. The summed E-state index contributed by atoms with van der Waals surface area (Å²) in [6.45, 7) is 1.28. The van der Waals surface area contributed by atoms with Gasteiger partial charge in [0, 0.05) is 12.1 Å². The van der Waals surface area contributed by atoms with E-state index in [0.29, 0.717) is 0 Å². The van der Waals surface area contributed by atoms with Crippen LogP contribution >= 0.6 is 0 Å². The second kappa shape index (κ2) is 8.66. The van der Waals surface area contributed by atoms with Gasteiger partial charge in [0.2, 0.25) is 5.82 Å². The van der Waals surface area contributed by atoms with Crippen molar-refractivity contribution in [2.24, 2.45) is 5.10 Å². The van der Waals surface area contributed by atoms with E-state index in [1.165, 1.54) is 44.4 Å². The lowest BCUT2D eigenvalue weighted by Crippen LogP contribution is -2.25. The first-order valence-corrected chi connectivity index (χ1v) is 9.61. The Morgan fingerprint density at radius 1 is 1.03 bits per heavy atom. The molecule has 35 heavy (non-hydrogen) atoms. The first-order valence-electron chi connectivity index (χ1n) is 9.61. The zero-order chi connectivity index (χ0) is 25.6. The number of nitro groups is 1. The third-order valence-corrected chi connectivity index (χ3v) is 5.03. The topological polar surface area (TPSA) is 98.2 Å². The van der Waals surface area contributed by atoms with E-state index in [0.717, 1.165) is 6.08 Å². The summed E-state index contributed by atoms with van der Waals surface area (Å²) < 4.78 is 79.7. The Hall–Kier alpha value is -4.55. The van der Waals surface area contributed by atoms with Crippen LogP contribution < -0.4 is 9.75 Å².